The molecule has 132 valence electrons. The number of aromatic amines is 1. The summed E-state index contributed by atoms with van der Waals surface area (Å²) in [6.07, 6.45) is 1.37. The molecule has 2 aromatic carbocycles. The molecule has 2 amide bonds. The van der Waals surface area contributed by atoms with E-state index in [1.54, 1.807) is 24.3 Å². The van der Waals surface area contributed by atoms with Crippen molar-refractivity contribution in [2.24, 2.45) is 0 Å². The number of rotatable bonds is 5. The lowest BCUT2D eigenvalue weighted by atomic mass is 10.1. The molecule has 0 aliphatic heterocycles. The van der Waals surface area contributed by atoms with Gasteiger partial charge in [-0.1, -0.05) is 42.5 Å². The average molecular weight is 349 g/mol. The average Bonchev–Trinajstić information content (AvgIpc) is 2.67. The Labute approximate surface area is 150 Å². The first kappa shape index (κ1) is 17.4. The third kappa shape index (κ3) is 3.80. The zero-order valence-electron chi connectivity index (χ0n) is 14.3. The molecule has 1 heterocycles. The highest BCUT2D eigenvalue weighted by Gasteiger charge is 2.15. The number of carbonyl (C=O) groups excluding carboxylic acids is 2. The second-order valence-corrected chi connectivity index (χ2v) is 5.96. The van der Waals surface area contributed by atoms with E-state index in [1.807, 2.05) is 37.3 Å². The molecule has 3 aromatic rings. The maximum Gasteiger partial charge on any atom is 0.257 e. The number of pyridine rings is 1. The van der Waals surface area contributed by atoms with Crippen LogP contribution >= 0.6 is 0 Å². The van der Waals surface area contributed by atoms with Crippen LogP contribution in [0.1, 0.15) is 28.9 Å². The molecule has 3 rings (SSSR count). The van der Waals surface area contributed by atoms with Crippen molar-refractivity contribution in [3.8, 4) is 0 Å². The summed E-state index contributed by atoms with van der Waals surface area (Å²) >= 11 is 0. The number of aromatic nitrogens is 1. The lowest BCUT2D eigenvalue weighted by Gasteiger charge is -2.14. The second-order valence-electron chi connectivity index (χ2n) is 5.96. The largest absolute Gasteiger partial charge is 0.360 e. The van der Waals surface area contributed by atoms with Crippen molar-refractivity contribution < 1.29 is 9.59 Å². The number of hydrogen-bond acceptors (Lipinski definition) is 3. The van der Waals surface area contributed by atoms with Crippen molar-refractivity contribution in [3.63, 3.8) is 0 Å². The minimum atomic E-state index is -0.584. The van der Waals surface area contributed by atoms with Gasteiger partial charge in [0.25, 0.3) is 5.91 Å². The monoisotopic (exact) mass is 349 g/mol. The Morgan fingerprint density at radius 3 is 2.50 bits per heavy atom. The molecule has 26 heavy (non-hydrogen) atoms. The summed E-state index contributed by atoms with van der Waals surface area (Å²) in [6.45, 7) is 1.66. The number of amides is 2. The van der Waals surface area contributed by atoms with E-state index in [-0.39, 0.29) is 29.5 Å². The highest BCUT2D eigenvalue weighted by atomic mass is 16.2. The Hall–Kier alpha value is -3.41. The van der Waals surface area contributed by atoms with Crippen LogP contribution in [0, 0.1) is 0 Å². The van der Waals surface area contributed by atoms with Crippen molar-refractivity contribution in [2.45, 2.75) is 13.0 Å². The highest BCUT2D eigenvalue weighted by molar-refractivity contribution is 5.98. The lowest BCUT2D eigenvalue weighted by Crippen LogP contribution is -2.39. The van der Waals surface area contributed by atoms with Crippen LogP contribution in [0.4, 0.5) is 0 Å². The van der Waals surface area contributed by atoms with E-state index in [9.17, 15) is 14.4 Å². The van der Waals surface area contributed by atoms with Crippen LogP contribution in [-0.2, 0) is 4.79 Å². The summed E-state index contributed by atoms with van der Waals surface area (Å²) in [6, 6.07) is 16.3. The first-order valence-electron chi connectivity index (χ1n) is 8.29. The molecule has 3 N–H and O–H groups in total. The highest BCUT2D eigenvalue weighted by Crippen LogP contribution is 2.10. The molecular weight excluding hydrogens is 330 g/mol. The van der Waals surface area contributed by atoms with E-state index < -0.39 is 5.91 Å². The SMILES string of the molecule is C[C@@H](NC(=O)CNC(=O)c1c[nH]c2ccccc2c1=O)c1ccccc1. The Kier molecular flexibility index (Phi) is 5.12. The molecule has 0 radical (unpaired) electrons. The molecule has 0 unspecified atom stereocenters. The van der Waals surface area contributed by atoms with Gasteiger partial charge < -0.3 is 15.6 Å². The first-order valence-corrected chi connectivity index (χ1v) is 8.29. The van der Waals surface area contributed by atoms with Gasteiger partial charge in [0.2, 0.25) is 11.3 Å². The summed E-state index contributed by atoms with van der Waals surface area (Å²) in [4.78, 5) is 39.6. The summed E-state index contributed by atoms with van der Waals surface area (Å²) in [5, 5.41) is 5.73. The van der Waals surface area contributed by atoms with Crippen molar-refractivity contribution in [1.29, 1.82) is 0 Å². The fraction of sp³-hybridized carbons (Fsp3) is 0.150. The molecule has 0 saturated carbocycles. The minimum absolute atomic E-state index is 0.0207. The molecule has 0 bridgehead atoms. The predicted octanol–water partition coefficient (Wildman–Crippen LogP) is 2.14. The van der Waals surface area contributed by atoms with Crippen LogP contribution in [0.2, 0.25) is 0 Å². The van der Waals surface area contributed by atoms with Gasteiger partial charge in [0.05, 0.1) is 12.6 Å². The molecule has 1 atom stereocenters. The summed E-state index contributed by atoms with van der Waals surface area (Å²) in [5.41, 5.74) is 1.24. The van der Waals surface area contributed by atoms with Gasteiger partial charge in [0, 0.05) is 17.1 Å². The number of hydrogen-bond donors (Lipinski definition) is 3. The van der Waals surface area contributed by atoms with Gasteiger partial charge in [-0.05, 0) is 24.6 Å². The molecule has 0 fully saturated rings. The van der Waals surface area contributed by atoms with E-state index in [1.165, 1.54) is 6.20 Å². The van der Waals surface area contributed by atoms with Gasteiger partial charge in [-0.2, -0.15) is 0 Å². The Bertz CT molecular complexity index is 996. The zero-order chi connectivity index (χ0) is 18.5. The number of H-pyrrole nitrogens is 1. The van der Waals surface area contributed by atoms with E-state index >= 15 is 0 Å². The minimum Gasteiger partial charge on any atom is -0.360 e. The number of carbonyl (C=O) groups is 2. The molecule has 6 nitrogen and oxygen atoms in total. The lowest BCUT2D eigenvalue weighted by molar-refractivity contribution is -0.120. The van der Waals surface area contributed by atoms with Crippen molar-refractivity contribution >= 4 is 22.7 Å². The van der Waals surface area contributed by atoms with Crippen molar-refractivity contribution in [3.05, 3.63) is 82.1 Å². The standard InChI is InChI=1S/C20H19N3O3/c1-13(14-7-3-2-4-8-14)23-18(24)12-22-20(26)16-11-21-17-10-6-5-9-15(17)19(16)25/h2-11,13H,12H2,1H3,(H,21,25)(H,22,26)(H,23,24)/t13-/m1/s1. The normalized spacial score (nSPS) is 11.7. The van der Waals surface area contributed by atoms with Crippen LogP contribution in [-0.4, -0.2) is 23.3 Å². The summed E-state index contributed by atoms with van der Waals surface area (Å²) in [5.74, 6) is -0.911. The Balaban J connectivity index is 1.63. The van der Waals surface area contributed by atoms with Gasteiger partial charge in [-0.25, -0.2) is 0 Å². The number of benzene rings is 2. The molecule has 0 saturated heterocycles. The van der Waals surface area contributed by atoms with Crippen LogP contribution in [0.15, 0.2) is 65.6 Å². The molecule has 1 aromatic heterocycles. The van der Waals surface area contributed by atoms with E-state index in [0.717, 1.165) is 5.56 Å². The topological polar surface area (TPSA) is 91.1 Å². The fourth-order valence-electron chi connectivity index (χ4n) is 2.71. The third-order valence-electron chi connectivity index (χ3n) is 4.12. The van der Waals surface area contributed by atoms with Crippen LogP contribution in [0.5, 0.6) is 0 Å². The van der Waals surface area contributed by atoms with Gasteiger partial charge in [-0.15, -0.1) is 0 Å². The van der Waals surface area contributed by atoms with Crippen LogP contribution in [0.3, 0.4) is 0 Å². The molecular formula is C20H19N3O3. The van der Waals surface area contributed by atoms with Gasteiger partial charge in [0.1, 0.15) is 5.56 Å². The van der Waals surface area contributed by atoms with Crippen molar-refractivity contribution in [2.75, 3.05) is 6.54 Å². The van der Waals surface area contributed by atoms with Gasteiger partial charge in [0.15, 0.2) is 0 Å². The molecule has 0 aliphatic rings. The molecule has 6 heteroatoms. The third-order valence-corrected chi connectivity index (χ3v) is 4.12. The molecule has 0 spiro atoms. The zero-order valence-corrected chi connectivity index (χ0v) is 14.3. The maximum atomic E-state index is 12.4. The van der Waals surface area contributed by atoms with Crippen molar-refractivity contribution in [1.82, 2.24) is 15.6 Å². The Morgan fingerprint density at radius 1 is 1.04 bits per heavy atom. The van der Waals surface area contributed by atoms with Crippen LogP contribution < -0.4 is 16.1 Å². The smallest absolute Gasteiger partial charge is 0.257 e. The van der Waals surface area contributed by atoms with Gasteiger partial charge >= 0.3 is 0 Å². The number of fused-ring (bicyclic) bond motifs is 1. The Morgan fingerprint density at radius 2 is 1.73 bits per heavy atom. The van der Waals surface area contributed by atoms with E-state index in [2.05, 4.69) is 15.6 Å². The number of nitrogens with one attached hydrogen (secondary N) is 3. The van der Waals surface area contributed by atoms with E-state index in [4.69, 9.17) is 0 Å². The van der Waals surface area contributed by atoms with Crippen LogP contribution in [0.25, 0.3) is 10.9 Å². The van der Waals surface area contributed by atoms with Gasteiger partial charge in [-0.3, -0.25) is 14.4 Å². The fourth-order valence-corrected chi connectivity index (χ4v) is 2.71. The second kappa shape index (κ2) is 7.65. The molecule has 0 aliphatic carbocycles. The predicted molar refractivity (Wildman–Crippen MR) is 99.9 cm³/mol. The number of para-hydroxylation sites is 1. The summed E-state index contributed by atoms with van der Waals surface area (Å²) < 4.78 is 0. The quantitative estimate of drug-likeness (QED) is 0.659. The summed E-state index contributed by atoms with van der Waals surface area (Å²) in [7, 11) is 0. The first-order chi connectivity index (χ1) is 12.6. The maximum absolute atomic E-state index is 12.4. The van der Waals surface area contributed by atoms with E-state index in [0.29, 0.717) is 10.9 Å².